The predicted octanol–water partition coefficient (Wildman–Crippen LogP) is 1.51. The van der Waals surface area contributed by atoms with Crippen LogP contribution in [0.1, 0.15) is 18.6 Å². The van der Waals surface area contributed by atoms with Gasteiger partial charge in [0.2, 0.25) is 0 Å². The van der Waals surface area contributed by atoms with Crippen LogP contribution in [-0.4, -0.2) is 50.8 Å². The average Bonchev–Trinajstić information content (AvgIpc) is 3.10. The molecule has 19 heavy (non-hydrogen) atoms. The SMILES string of the molecule is COCCN=C(NCCc1ccco1)N1CCCC1. The van der Waals surface area contributed by atoms with Crippen LogP contribution in [0.2, 0.25) is 0 Å². The van der Waals surface area contributed by atoms with E-state index in [0.29, 0.717) is 13.2 Å². The smallest absolute Gasteiger partial charge is 0.194 e. The minimum absolute atomic E-state index is 0.664. The molecule has 0 radical (unpaired) electrons. The molecule has 1 aromatic heterocycles. The van der Waals surface area contributed by atoms with Gasteiger partial charge in [0.1, 0.15) is 5.76 Å². The van der Waals surface area contributed by atoms with E-state index in [-0.39, 0.29) is 0 Å². The number of likely N-dealkylation sites (tertiary alicyclic amines) is 1. The second-order valence-corrected chi connectivity index (χ2v) is 4.65. The highest BCUT2D eigenvalue weighted by Crippen LogP contribution is 2.07. The first kappa shape index (κ1) is 13.9. The minimum atomic E-state index is 0.664. The molecule has 2 heterocycles. The molecule has 1 saturated heterocycles. The first-order chi connectivity index (χ1) is 9.40. The molecule has 1 fully saturated rings. The molecule has 1 aliphatic rings. The molecular weight excluding hydrogens is 242 g/mol. The topological polar surface area (TPSA) is 50.0 Å². The van der Waals surface area contributed by atoms with E-state index in [1.165, 1.54) is 12.8 Å². The lowest BCUT2D eigenvalue weighted by Crippen LogP contribution is -2.40. The predicted molar refractivity (Wildman–Crippen MR) is 75.4 cm³/mol. The number of rotatable bonds is 6. The number of hydrogen-bond acceptors (Lipinski definition) is 3. The van der Waals surface area contributed by atoms with Gasteiger partial charge in [-0.3, -0.25) is 4.99 Å². The van der Waals surface area contributed by atoms with Gasteiger partial charge in [-0.15, -0.1) is 0 Å². The van der Waals surface area contributed by atoms with E-state index >= 15 is 0 Å². The summed E-state index contributed by atoms with van der Waals surface area (Å²) in [6, 6.07) is 3.92. The van der Waals surface area contributed by atoms with Gasteiger partial charge >= 0.3 is 0 Å². The molecule has 5 heteroatoms. The van der Waals surface area contributed by atoms with Crippen LogP contribution in [-0.2, 0) is 11.2 Å². The third kappa shape index (κ3) is 4.59. The number of hydrogen-bond donors (Lipinski definition) is 1. The van der Waals surface area contributed by atoms with Crippen LogP contribution in [0.5, 0.6) is 0 Å². The molecule has 5 nitrogen and oxygen atoms in total. The summed E-state index contributed by atoms with van der Waals surface area (Å²) in [5.41, 5.74) is 0. The van der Waals surface area contributed by atoms with Crippen LogP contribution in [0.3, 0.4) is 0 Å². The van der Waals surface area contributed by atoms with E-state index in [4.69, 9.17) is 9.15 Å². The van der Waals surface area contributed by atoms with Crippen molar-refractivity contribution in [3.8, 4) is 0 Å². The van der Waals surface area contributed by atoms with Crippen LogP contribution in [0.4, 0.5) is 0 Å². The molecule has 0 aromatic carbocycles. The largest absolute Gasteiger partial charge is 0.469 e. The molecule has 0 saturated carbocycles. The number of nitrogens with one attached hydrogen (secondary N) is 1. The fourth-order valence-corrected chi connectivity index (χ4v) is 2.19. The van der Waals surface area contributed by atoms with Gasteiger partial charge in [0, 0.05) is 33.2 Å². The van der Waals surface area contributed by atoms with Crippen LogP contribution < -0.4 is 5.32 Å². The zero-order valence-corrected chi connectivity index (χ0v) is 11.6. The summed E-state index contributed by atoms with van der Waals surface area (Å²) in [5, 5.41) is 3.42. The molecule has 0 spiro atoms. The zero-order valence-electron chi connectivity index (χ0n) is 11.6. The minimum Gasteiger partial charge on any atom is -0.469 e. The summed E-state index contributed by atoms with van der Waals surface area (Å²) in [4.78, 5) is 6.91. The first-order valence-electron chi connectivity index (χ1n) is 6.95. The Morgan fingerprint density at radius 2 is 2.32 bits per heavy atom. The molecule has 0 unspecified atom stereocenters. The monoisotopic (exact) mass is 265 g/mol. The normalized spacial score (nSPS) is 16.1. The van der Waals surface area contributed by atoms with Crippen molar-refractivity contribution < 1.29 is 9.15 Å². The number of furan rings is 1. The molecule has 0 atom stereocenters. The Morgan fingerprint density at radius 1 is 1.47 bits per heavy atom. The van der Waals surface area contributed by atoms with Crippen LogP contribution in [0.25, 0.3) is 0 Å². The lowest BCUT2D eigenvalue weighted by atomic mass is 10.3. The molecule has 1 aliphatic heterocycles. The Bertz CT molecular complexity index is 370. The summed E-state index contributed by atoms with van der Waals surface area (Å²) in [6.07, 6.45) is 5.10. The molecule has 0 aliphatic carbocycles. The van der Waals surface area contributed by atoms with Gasteiger partial charge < -0.3 is 19.4 Å². The number of methoxy groups -OCH3 is 1. The van der Waals surface area contributed by atoms with Gasteiger partial charge in [0.05, 0.1) is 19.4 Å². The van der Waals surface area contributed by atoms with Crippen LogP contribution in [0, 0.1) is 0 Å². The fourth-order valence-electron chi connectivity index (χ4n) is 2.19. The van der Waals surface area contributed by atoms with Gasteiger partial charge in [-0.1, -0.05) is 0 Å². The second kappa shape index (κ2) is 7.84. The molecule has 106 valence electrons. The maximum absolute atomic E-state index is 5.33. The number of guanidine groups is 1. The molecular formula is C14H23N3O2. The van der Waals surface area contributed by atoms with E-state index in [2.05, 4.69) is 15.2 Å². The van der Waals surface area contributed by atoms with Crippen LogP contribution in [0.15, 0.2) is 27.8 Å². The first-order valence-corrected chi connectivity index (χ1v) is 6.95. The van der Waals surface area contributed by atoms with Crippen molar-refractivity contribution in [2.24, 2.45) is 4.99 Å². The van der Waals surface area contributed by atoms with Gasteiger partial charge in [-0.05, 0) is 25.0 Å². The quantitative estimate of drug-likeness (QED) is 0.481. The van der Waals surface area contributed by atoms with Gasteiger partial charge in [0.25, 0.3) is 0 Å². The van der Waals surface area contributed by atoms with Crippen molar-refractivity contribution in [3.63, 3.8) is 0 Å². The standard InChI is InChI=1S/C14H23N3O2/c1-18-12-8-16-14(17-9-2-3-10-17)15-7-6-13-5-4-11-19-13/h4-5,11H,2-3,6-10,12H2,1H3,(H,15,16). The van der Waals surface area contributed by atoms with E-state index in [1.54, 1.807) is 13.4 Å². The summed E-state index contributed by atoms with van der Waals surface area (Å²) in [6.45, 7) is 4.41. The molecule has 2 rings (SSSR count). The third-order valence-corrected chi connectivity index (χ3v) is 3.20. The van der Waals surface area contributed by atoms with Crippen molar-refractivity contribution in [1.29, 1.82) is 0 Å². The highest BCUT2D eigenvalue weighted by atomic mass is 16.5. The summed E-state index contributed by atoms with van der Waals surface area (Å²) < 4.78 is 10.4. The van der Waals surface area contributed by atoms with Crippen molar-refractivity contribution in [1.82, 2.24) is 10.2 Å². The van der Waals surface area contributed by atoms with E-state index < -0.39 is 0 Å². The number of aliphatic imine (C=N–C) groups is 1. The molecule has 0 amide bonds. The molecule has 1 aromatic rings. The van der Waals surface area contributed by atoms with E-state index in [1.807, 2.05) is 12.1 Å². The maximum Gasteiger partial charge on any atom is 0.194 e. The Morgan fingerprint density at radius 3 is 3.00 bits per heavy atom. The summed E-state index contributed by atoms with van der Waals surface area (Å²) >= 11 is 0. The van der Waals surface area contributed by atoms with Crippen LogP contribution >= 0.6 is 0 Å². The summed E-state index contributed by atoms with van der Waals surface area (Å²) in [7, 11) is 1.70. The molecule has 1 N–H and O–H groups in total. The Kier molecular flexibility index (Phi) is 5.75. The zero-order chi connectivity index (χ0) is 13.3. The average molecular weight is 265 g/mol. The van der Waals surface area contributed by atoms with Crippen molar-refractivity contribution in [3.05, 3.63) is 24.2 Å². The maximum atomic E-state index is 5.33. The van der Waals surface area contributed by atoms with E-state index in [0.717, 1.165) is 37.8 Å². The third-order valence-electron chi connectivity index (χ3n) is 3.20. The van der Waals surface area contributed by atoms with Crippen molar-refractivity contribution in [2.45, 2.75) is 19.3 Å². The summed E-state index contributed by atoms with van der Waals surface area (Å²) in [5.74, 6) is 2.01. The van der Waals surface area contributed by atoms with Gasteiger partial charge in [-0.2, -0.15) is 0 Å². The Labute approximate surface area is 114 Å². The highest BCUT2D eigenvalue weighted by Gasteiger charge is 2.15. The van der Waals surface area contributed by atoms with E-state index in [9.17, 15) is 0 Å². The molecule has 0 bridgehead atoms. The van der Waals surface area contributed by atoms with Gasteiger partial charge in [-0.25, -0.2) is 0 Å². The second-order valence-electron chi connectivity index (χ2n) is 4.65. The number of ether oxygens (including phenoxy) is 1. The fraction of sp³-hybridized carbons (Fsp3) is 0.643. The lowest BCUT2D eigenvalue weighted by molar-refractivity contribution is 0.207. The Balaban J connectivity index is 1.80. The van der Waals surface area contributed by atoms with Crippen molar-refractivity contribution in [2.75, 3.05) is 39.9 Å². The number of nitrogens with zero attached hydrogens (tertiary/aromatic N) is 2. The lowest BCUT2D eigenvalue weighted by Gasteiger charge is -2.21. The van der Waals surface area contributed by atoms with Crippen molar-refractivity contribution >= 4 is 5.96 Å². The highest BCUT2D eigenvalue weighted by molar-refractivity contribution is 5.80. The Hall–Kier alpha value is -1.49. The van der Waals surface area contributed by atoms with Gasteiger partial charge in [0.15, 0.2) is 5.96 Å².